The van der Waals surface area contributed by atoms with Crippen molar-refractivity contribution in [1.82, 2.24) is 5.32 Å². The van der Waals surface area contributed by atoms with Gasteiger partial charge in [-0.2, -0.15) is 0 Å². The summed E-state index contributed by atoms with van der Waals surface area (Å²) in [4.78, 5) is 42.2. The first-order chi connectivity index (χ1) is 20.0. The van der Waals surface area contributed by atoms with Crippen LogP contribution in [0.2, 0.25) is 0 Å². The van der Waals surface area contributed by atoms with Gasteiger partial charge in [0.15, 0.2) is 0 Å². The van der Waals surface area contributed by atoms with Crippen LogP contribution in [0.3, 0.4) is 0 Å². The second kappa shape index (κ2) is 13.2. The molecule has 0 aliphatic carbocycles. The molecule has 0 spiro atoms. The van der Waals surface area contributed by atoms with Crippen molar-refractivity contribution in [2.75, 3.05) is 22.5 Å². The minimum atomic E-state index is -0.444. The summed E-state index contributed by atoms with van der Waals surface area (Å²) in [5.41, 5.74) is 5.16. The van der Waals surface area contributed by atoms with Gasteiger partial charge in [0.05, 0.1) is 5.75 Å². The van der Waals surface area contributed by atoms with Gasteiger partial charge in [-0.05, 0) is 78.9 Å². The predicted molar refractivity (Wildman–Crippen MR) is 166 cm³/mol. The Bertz CT molecular complexity index is 1600. The molecule has 4 aromatic rings. The van der Waals surface area contributed by atoms with Crippen molar-refractivity contribution < 1.29 is 14.4 Å². The molecule has 3 amide bonds. The molecule has 5 rings (SSSR count). The number of benzene rings is 4. The first-order valence-corrected chi connectivity index (χ1v) is 14.5. The summed E-state index contributed by atoms with van der Waals surface area (Å²) in [6, 6.07) is 31.9. The van der Waals surface area contributed by atoms with Gasteiger partial charge in [0.25, 0.3) is 11.8 Å². The predicted octanol–water partition coefficient (Wildman–Crippen LogP) is 6.48. The number of hydrogen-bond donors (Lipinski definition) is 2. The molecule has 0 atom stereocenters. The maximum atomic E-state index is 13.4. The van der Waals surface area contributed by atoms with Crippen molar-refractivity contribution in [1.29, 1.82) is 0 Å². The van der Waals surface area contributed by atoms with Gasteiger partial charge in [-0.15, -0.1) is 11.8 Å². The molecular weight excluding hydrogens is 530 g/mol. The molecule has 6 nitrogen and oxygen atoms in total. The molecule has 0 saturated heterocycles. The number of aryl methyl sites for hydroxylation is 2. The second-order valence-corrected chi connectivity index (χ2v) is 10.8. The van der Waals surface area contributed by atoms with E-state index in [0.29, 0.717) is 11.3 Å². The van der Waals surface area contributed by atoms with E-state index in [-0.39, 0.29) is 23.3 Å². The Labute approximate surface area is 244 Å². The van der Waals surface area contributed by atoms with Crippen LogP contribution in [-0.2, 0) is 16.0 Å². The molecule has 1 aliphatic rings. The second-order valence-electron chi connectivity index (χ2n) is 9.78. The average Bonchev–Trinajstić information content (AvgIpc) is 3.01. The van der Waals surface area contributed by atoms with Gasteiger partial charge in [0.2, 0.25) is 5.91 Å². The van der Waals surface area contributed by atoms with E-state index in [1.54, 1.807) is 36.4 Å². The number of carbonyl (C=O) groups excluding carboxylic acids is 3. The smallest absolute Gasteiger partial charge is 0.272 e. The quantitative estimate of drug-likeness (QED) is 0.191. The molecule has 0 aromatic heterocycles. The highest BCUT2D eigenvalue weighted by Gasteiger charge is 2.22. The fourth-order valence-corrected chi connectivity index (χ4v) is 5.56. The van der Waals surface area contributed by atoms with Crippen molar-refractivity contribution >= 4 is 46.9 Å². The number of fused-ring (bicyclic) bond motifs is 1. The topological polar surface area (TPSA) is 78.5 Å². The normalized spacial score (nSPS) is 12.8. The van der Waals surface area contributed by atoms with Crippen LogP contribution in [-0.4, -0.2) is 30.0 Å². The van der Waals surface area contributed by atoms with Crippen LogP contribution in [0.15, 0.2) is 114 Å². The van der Waals surface area contributed by atoms with E-state index in [9.17, 15) is 14.4 Å². The SMILES string of the molecule is Cc1ccccc1/C=C(\NC(=O)c1ccccc1)C(=O)Nc1cccc(SCC(=O)N2CCCc3ccccc32)c1. The number of anilines is 2. The van der Waals surface area contributed by atoms with Crippen LogP contribution in [0.5, 0.6) is 0 Å². The number of amides is 3. The van der Waals surface area contributed by atoms with Crippen molar-refractivity contribution in [3.05, 3.63) is 131 Å². The van der Waals surface area contributed by atoms with Gasteiger partial charge in [0.1, 0.15) is 5.70 Å². The molecular formula is C34H31N3O3S. The Morgan fingerprint density at radius 1 is 0.878 bits per heavy atom. The Balaban J connectivity index is 1.29. The first kappa shape index (κ1) is 27.9. The van der Waals surface area contributed by atoms with E-state index in [2.05, 4.69) is 16.7 Å². The van der Waals surface area contributed by atoms with E-state index in [0.717, 1.165) is 41.1 Å². The third-order valence-corrected chi connectivity index (χ3v) is 7.86. The third-order valence-electron chi connectivity index (χ3n) is 6.88. The van der Waals surface area contributed by atoms with Crippen LogP contribution >= 0.6 is 11.8 Å². The summed E-state index contributed by atoms with van der Waals surface area (Å²) < 4.78 is 0. The maximum absolute atomic E-state index is 13.4. The molecule has 7 heteroatoms. The lowest BCUT2D eigenvalue weighted by Gasteiger charge is -2.29. The standard InChI is InChI=1S/C34H31N3O3S/c1-24-11-5-6-15-27(24)21-30(36-33(39)26-13-3-2-4-14-26)34(40)35-28-17-9-18-29(22-28)41-23-32(38)37-20-10-16-25-12-7-8-19-31(25)37/h2-9,11-15,17-19,21-22H,10,16,20,23H2,1H3,(H,35,40)(H,36,39)/b30-21-. The number of thioether (sulfide) groups is 1. The monoisotopic (exact) mass is 561 g/mol. The average molecular weight is 562 g/mol. The lowest BCUT2D eigenvalue weighted by molar-refractivity contribution is -0.116. The van der Waals surface area contributed by atoms with Crippen molar-refractivity contribution in [2.45, 2.75) is 24.7 Å². The Hall–Kier alpha value is -4.62. The highest BCUT2D eigenvalue weighted by Crippen LogP contribution is 2.29. The molecule has 4 aromatic carbocycles. The molecule has 1 heterocycles. The van der Waals surface area contributed by atoms with Crippen LogP contribution < -0.4 is 15.5 Å². The number of hydrogen-bond acceptors (Lipinski definition) is 4. The highest BCUT2D eigenvalue weighted by molar-refractivity contribution is 8.00. The highest BCUT2D eigenvalue weighted by atomic mass is 32.2. The van der Waals surface area contributed by atoms with Crippen molar-refractivity contribution in [3.8, 4) is 0 Å². The van der Waals surface area contributed by atoms with Crippen molar-refractivity contribution in [2.24, 2.45) is 0 Å². The molecule has 0 bridgehead atoms. The summed E-state index contributed by atoms with van der Waals surface area (Å²) in [7, 11) is 0. The van der Waals surface area contributed by atoms with E-state index in [1.807, 2.05) is 78.6 Å². The Morgan fingerprint density at radius 3 is 2.46 bits per heavy atom. The molecule has 0 unspecified atom stereocenters. The van der Waals surface area contributed by atoms with Gasteiger partial charge in [-0.25, -0.2) is 0 Å². The Morgan fingerprint density at radius 2 is 1.63 bits per heavy atom. The molecule has 41 heavy (non-hydrogen) atoms. The van der Waals surface area contributed by atoms with E-state index < -0.39 is 5.91 Å². The first-order valence-electron chi connectivity index (χ1n) is 13.5. The molecule has 0 saturated carbocycles. The zero-order valence-electron chi connectivity index (χ0n) is 22.8. The molecule has 0 fully saturated rings. The summed E-state index contributed by atoms with van der Waals surface area (Å²) >= 11 is 1.43. The lowest BCUT2D eigenvalue weighted by atomic mass is 10.0. The van der Waals surface area contributed by atoms with E-state index >= 15 is 0 Å². The fraction of sp³-hybridized carbons (Fsp3) is 0.147. The van der Waals surface area contributed by atoms with Crippen molar-refractivity contribution in [3.63, 3.8) is 0 Å². The number of rotatable bonds is 8. The van der Waals surface area contributed by atoms with Gasteiger partial charge >= 0.3 is 0 Å². The minimum Gasteiger partial charge on any atom is -0.321 e. The number of nitrogens with one attached hydrogen (secondary N) is 2. The fourth-order valence-electron chi connectivity index (χ4n) is 4.72. The summed E-state index contributed by atoms with van der Waals surface area (Å²) in [6.45, 7) is 2.67. The lowest BCUT2D eigenvalue weighted by Crippen LogP contribution is -2.36. The zero-order chi connectivity index (χ0) is 28.6. The van der Waals surface area contributed by atoms with Gasteiger partial charge in [0, 0.05) is 28.4 Å². The maximum Gasteiger partial charge on any atom is 0.272 e. The van der Waals surface area contributed by atoms with E-state index in [4.69, 9.17) is 0 Å². The zero-order valence-corrected chi connectivity index (χ0v) is 23.6. The van der Waals surface area contributed by atoms with E-state index in [1.165, 1.54) is 17.3 Å². The van der Waals surface area contributed by atoms with Gasteiger partial charge < -0.3 is 15.5 Å². The minimum absolute atomic E-state index is 0.0589. The molecule has 206 valence electrons. The molecule has 0 radical (unpaired) electrons. The number of nitrogens with zero attached hydrogens (tertiary/aromatic N) is 1. The van der Waals surface area contributed by atoms with Crippen LogP contribution in [0, 0.1) is 6.92 Å². The number of para-hydroxylation sites is 1. The summed E-state index contributed by atoms with van der Waals surface area (Å²) in [5.74, 6) is -0.468. The van der Waals surface area contributed by atoms with Crippen LogP contribution in [0.4, 0.5) is 11.4 Å². The molecule has 1 aliphatic heterocycles. The summed E-state index contributed by atoms with van der Waals surface area (Å²) in [6.07, 6.45) is 3.62. The number of carbonyl (C=O) groups is 3. The Kier molecular flexibility index (Phi) is 8.96. The third kappa shape index (κ3) is 7.13. The molecule has 2 N–H and O–H groups in total. The largest absolute Gasteiger partial charge is 0.321 e. The van der Waals surface area contributed by atoms with Crippen LogP contribution in [0.1, 0.15) is 33.5 Å². The summed E-state index contributed by atoms with van der Waals surface area (Å²) in [5, 5.41) is 5.70. The van der Waals surface area contributed by atoms with Gasteiger partial charge in [-0.1, -0.05) is 66.7 Å². The van der Waals surface area contributed by atoms with Gasteiger partial charge in [-0.3, -0.25) is 14.4 Å². The van der Waals surface area contributed by atoms with Crippen LogP contribution in [0.25, 0.3) is 6.08 Å².